The molecule has 0 spiro atoms. The maximum absolute atomic E-state index is 11.6. The molecular weight excluding hydrogens is 216 g/mol. The molecule has 5 nitrogen and oxygen atoms in total. The highest BCUT2D eigenvalue weighted by atomic mass is 16.2. The molecule has 0 aliphatic heterocycles. The van der Waals surface area contributed by atoms with Gasteiger partial charge in [0.05, 0.1) is 0 Å². The quantitative estimate of drug-likeness (QED) is 0.855. The lowest BCUT2D eigenvalue weighted by atomic mass is 9.85. The van der Waals surface area contributed by atoms with E-state index in [0.717, 1.165) is 18.3 Å². The van der Waals surface area contributed by atoms with E-state index < -0.39 is 0 Å². The second kappa shape index (κ2) is 5.12. The van der Waals surface area contributed by atoms with E-state index in [-0.39, 0.29) is 5.91 Å². The first kappa shape index (κ1) is 11.8. The zero-order chi connectivity index (χ0) is 12.3. The Hall–Kier alpha value is -1.65. The molecule has 2 rings (SSSR count). The first-order valence-electron chi connectivity index (χ1n) is 5.96. The third kappa shape index (κ3) is 2.93. The van der Waals surface area contributed by atoms with Gasteiger partial charge in [-0.1, -0.05) is 6.42 Å². The smallest absolute Gasteiger partial charge is 0.273 e. The van der Waals surface area contributed by atoms with Gasteiger partial charge in [0.2, 0.25) is 0 Å². The Morgan fingerprint density at radius 1 is 1.41 bits per heavy atom. The van der Waals surface area contributed by atoms with E-state index in [9.17, 15) is 4.79 Å². The van der Waals surface area contributed by atoms with Crippen LogP contribution in [-0.2, 0) is 0 Å². The lowest BCUT2D eigenvalue weighted by Gasteiger charge is -2.25. The van der Waals surface area contributed by atoms with Gasteiger partial charge in [0.25, 0.3) is 5.91 Å². The molecular formula is C12H18N4O. The van der Waals surface area contributed by atoms with Gasteiger partial charge in [0.15, 0.2) is 5.69 Å². The van der Waals surface area contributed by atoms with Crippen LogP contribution in [0.3, 0.4) is 0 Å². The SMILES string of the molecule is CN(C)C(=O)c1ccc(NCC2CCC2)nn1. The summed E-state index contributed by atoms with van der Waals surface area (Å²) in [6.07, 6.45) is 3.95. The average Bonchev–Trinajstić information content (AvgIpc) is 2.27. The molecule has 17 heavy (non-hydrogen) atoms. The van der Waals surface area contributed by atoms with Crippen LogP contribution in [-0.4, -0.2) is 41.6 Å². The van der Waals surface area contributed by atoms with Crippen LogP contribution in [0.1, 0.15) is 29.8 Å². The Balaban J connectivity index is 1.90. The molecule has 1 aliphatic carbocycles. The van der Waals surface area contributed by atoms with Gasteiger partial charge in [-0.25, -0.2) is 0 Å². The van der Waals surface area contributed by atoms with Crippen LogP contribution in [0.4, 0.5) is 5.82 Å². The van der Waals surface area contributed by atoms with Crippen molar-refractivity contribution in [3.8, 4) is 0 Å². The number of carbonyl (C=O) groups excluding carboxylic acids is 1. The summed E-state index contributed by atoms with van der Waals surface area (Å²) in [6.45, 7) is 0.954. The Bertz CT molecular complexity index is 384. The molecule has 0 saturated heterocycles. The number of anilines is 1. The molecule has 1 amide bonds. The van der Waals surface area contributed by atoms with Gasteiger partial charge in [-0.05, 0) is 30.9 Å². The summed E-state index contributed by atoms with van der Waals surface area (Å²) < 4.78 is 0. The van der Waals surface area contributed by atoms with Crippen LogP contribution in [0, 0.1) is 5.92 Å². The van der Waals surface area contributed by atoms with E-state index in [4.69, 9.17) is 0 Å². The van der Waals surface area contributed by atoms with Crippen molar-refractivity contribution in [2.75, 3.05) is 26.0 Å². The number of carbonyl (C=O) groups is 1. The first-order chi connectivity index (χ1) is 8.16. The Labute approximate surface area is 101 Å². The summed E-state index contributed by atoms with van der Waals surface area (Å²) in [7, 11) is 3.40. The highest BCUT2D eigenvalue weighted by Gasteiger charge is 2.17. The van der Waals surface area contributed by atoms with E-state index in [1.165, 1.54) is 24.2 Å². The van der Waals surface area contributed by atoms with E-state index in [0.29, 0.717) is 5.69 Å². The maximum atomic E-state index is 11.6. The minimum Gasteiger partial charge on any atom is -0.368 e. The van der Waals surface area contributed by atoms with E-state index in [1.54, 1.807) is 20.2 Å². The molecule has 0 aromatic carbocycles. The van der Waals surface area contributed by atoms with Gasteiger partial charge in [-0.2, -0.15) is 0 Å². The average molecular weight is 234 g/mol. The molecule has 1 saturated carbocycles. The molecule has 5 heteroatoms. The van der Waals surface area contributed by atoms with Crippen LogP contribution in [0.15, 0.2) is 12.1 Å². The van der Waals surface area contributed by atoms with E-state index >= 15 is 0 Å². The molecule has 0 bridgehead atoms. The minimum absolute atomic E-state index is 0.122. The van der Waals surface area contributed by atoms with E-state index in [2.05, 4.69) is 15.5 Å². The zero-order valence-corrected chi connectivity index (χ0v) is 10.3. The number of nitrogens with one attached hydrogen (secondary N) is 1. The molecule has 92 valence electrons. The molecule has 1 heterocycles. The number of amides is 1. The Morgan fingerprint density at radius 3 is 2.65 bits per heavy atom. The fourth-order valence-corrected chi connectivity index (χ4v) is 1.72. The normalized spacial score (nSPS) is 15.2. The van der Waals surface area contributed by atoms with Crippen molar-refractivity contribution >= 4 is 11.7 Å². The molecule has 1 fully saturated rings. The number of rotatable bonds is 4. The third-order valence-corrected chi connectivity index (χ3v) is 3.09. The molecule has 0 radical (unpaired) electrons. The Morgan fingerprint density at radius 2 is 2.18 bits per heavy atom. The zero-order valence-electron chi connectivity index (χ0n) is 10.3. The predicted octanol–water partition coefficient (Wildman–Crippen LogP) is 1.39. The van der Waals surface area contributed by atoms with Crippen molar-refractivity contribution in [2.45, 2.75) is 19.3 Å². The van der Waals surface area contributed by atoms with Gasteiger partial charge < -0.3 is 10.2 Å². The highest BCUT2D eigenvalue weighted by Crippen LogP contribution is 2.26. The predicted molar refractivity (Wildman–Crippen MR) is 65.9 cm³/mol. The van der Waals surface area contributed by atoms with Crippen molar-refractivity contribution in [3.63, 3.8) is 0 Å². The monoisotopic (exact) mass is 234 g/mol. The molecule has 1 aromatic rings. The standard InChI is InChI=1S/C12H18N4O/c1-16(2)12(17)10-6-7-11(15-14-10)13-8-9-4-3-5-9/h6-7,9H,3-5,8H2,1-2H3,(H,13,15). The molecule has 1 aromatic heterocycles. The molecule has 1 aliphatic rings. The van der Waals surface area contributed by atoms with Crippen molar-refractivity contribution < 1.29 is 4.79 Å². The first-order valence-corrected chi connectivity index (χ1v) is 5.96. The third-order valence-electron chi connectivity index (χ3n) is 3.09. The lowest BCUT2D eigenvalue weighted by molar-refractivity contribution is 0.0821. The van der Waals surface area contributed by atoms with Gasteiger partial charge in [-0.15, -0.1) is 10.2 Å². The summed E-state index contributed by atoms with van der Waals surface area (Å²) in [5, 5.41) is 11.2. The topological polar surface area (TPSA) is 58.1 Å². The van der Waals surface area contributed by atoms with Crippen LogP contribution in [0.25, 0.3) is 0 Å². The highest BCUT2D eigenvalue weighted by molar-refractivity contribution is 5.91. The number of hydrogen-bond acceptors (Lipinski definition) is 4. The minimum atomic E-state index is -0.122. The van der Waals surface area contributed by atoms with Crippen molar-refractivity contribution in [3.05, 3.63) is 17.8 Å². The van der Waals surface area contributed by atoms with Crippen molar-refractivity contribution in [1.82, 2.24) is 15.1 Å². The van der Waals surface area contributed by atoms with Crippen LogP contribution in [0.2, 0.25) is 0 Å². The second-order valence-electron chi connectivity index (χ2n) is 4.68. The van der Waals surface area contributed by atoms with Crippen LogP contribution >= 0.6 is 0 Å². The van der Waals surface area contributed by atoms with Crippen molar-refractivity contribution in [1.29, 1.82) is 0 Å². The van der Waals surface area contributed by atoms with Crippen molar-refractivity contribution in [2.24, 2.45) is 5.92 Å². The maximum Gasteiger partial charge on any atom is 0.273 e. The lowest BCUT2D eigenvalue weighted by Crippen LogP contribution is -2.24. The van der Waals surface area contributed by atoms with Crippen LogP contribution in [0.5, 0.6) is 0 Å². The molecule has 0 unspecified atom stereocenters. The second-order valence-corrected chi connectivity index (χ2v) is 4.68. The van der Waals surface area contributed by atoms with Gasteiger partial charge in [0.1, 0.15) is 5.82 Å². The van der Waals surface area contributed by atoms with Gasteiger partial charge in [-0.3, -0.25) is 4.79 Å². The van der Waals surface area contributed by atoms with Gasteiger partial charge >= 0.3 is 0 Å². The summed E-state index contributed by atoms with van der Waals surface area (Å²) in [5.74, 6) is 1.40. The molecule has 1 N–H and O–H groups in total. The summed E-state index contributed by atoms with van der Waals surface area (Å²) in [6, 6.07) is 3.51. The number of hydrogen-bond donors (Lipinski definition) is 1. The van der Waals surface area contributed by atoms with E-state index in [1.807, 2.05) is 6.07 Å². The van der Waals surface area contributed by atoms with Crippen LogP contribution < -0.4 is 5.32 Å². The summed E-state index contributed by atoms with van der Waals surface area (Å²) in [4.78, 5) is 13.1. The largest absolute Gasteiger partial charge is 0.368 e. The van der Waals surface area contributed by atoms with Gasteiger partial charge in [0, 0.05) is 20.6 Å². The summed E-state index contributed by atoms with van der Waals surface area (Å²) >= 11 is 0. The molecule has 0 atom stereocenters. The fourth-order valence-electron chi connectivity index (χ4n) is 1.72. The number of aromatic nitrogens is 2. The number of nitrogens with zero attached hydrogens (tertiary/aromatic N) is 3. The summed E-state index contributed by atoms with van der Waals surface area (Å²) in [5.41, 5.74) is 0.379. The Kier molecular flexibility index (Phi) is 3.56. The fraction of sp³-hybridized carbons (Fsp3) is 0.583.